The molecule has 1 aliphatic heterocycles. The summed E-state index contributed by atoms with van der Waals surface area (Å²) < 4.78 is 31.7. The number of fused-ring (bicyclic) bond motifs is 2. The average molecular weight is 309 g/mol. The van der Waals surface area contributed by atoms with Gasteiger partial charge >= 0.3 is 5.97 Å². The Morgan fingerprint density at radius 1 is 1.24 bits per heavy atom. The Kier molecular flexibility index (Phi) is 3.53. The van der Waals surface area contributed by atoms with Gasteiger partial charge in [0.05, 0.1) is 17.9 Å². The number of piperidine rings is 1. The van der Waals surface area contributed by atoms with Crippen molar-refractivity contribution >= 4 is 16.0 Å². The molecule has 114 valence electrons. The van der Waals surface area contributed by atoms with E-state index >= 15 is 0 Å². The molecule has 3 atom stereocenters. The number of ether oxygens (including phenoxy) is 1. The van der Waals surface area contributed by atoms with E-state index in [2.05, 4.69) is 0 Å². The summed E-state index contributed by atoms with van der Waals surface area (Å²) in [6.07, 6.45) is 1.33. The normalized spacial score (nSPS) is 28.8. The molecule has 2 unspecified atom stereocenters. The van der Waals surface area contributed by atoms with Crippen LogP contribution in [0.4, 0.5) is 0 Å². The van der Waals surface area contributed by atoms with Crippen molar-refractivity contribution in [1.82, 2.24) is 4.31 Å². The summed E-state index contributed by atoms with van der Waals surface area (Å²) in [6, 6.07) is 6.82. The fourth-order valence-corrected chi connectivity index (χ4v) is 5.20. The zero-order valence-electron chi connectivity index (χ0n) is 12.2. The van der Waals surface area contributed by atoms with Crippen LogP contribution < -0.4 is 0 Å². The maximum Gasteiger partial charge on any atom is 0.309 e. The van der Waals surface area contributed by atoms with E-state index in [1.165, 1.54) is 7.11 Å². The first kappa shape index (κ1) is 14.5. The van der Waals surface area contributed by atoms with Crippen molar-refractivity contribution in [2.24, 2.45) is 11.8 Å². The molecule has 0 radical (unpaired) electrons. The van der Waals surface area contributed by atoms with Gasteiger partial charge in [-0.05, 0) is 37.8 Å². The number of rotatable bonds is 3. The van der Waals surface area contributed by atoms with Crippen molar-refractivity contribution in [2.45, 2.75) is 30.7 Å². The van der Waals surface area contributed by atoms with Crippen LogP contribution >= 0.6 is 0 Å². The summed E-state index contributed by atoms with van der Waals surface area (Å²) in [5.74, 6) is -0.276. The lowest BCUT2D eigenvalue weighted by molar-refractivity contribution is -0.147. The topological polar surface area (TPSA) is 63.7 Å². The highest BCUT2D eigenvalue weighted by Crippen LogP contribution is 2.44. The first-order valence-corrected chi connectivity index (χ1v) is 8.54. The van der Waals surface area contributed by atoms with Crippen LogP contribution in [0.2, 0.25) is 0 Å². The maximum absolute atomic E-state index is 12.7. The molecule has 2 aliphatic rings. The van der Waals surface area contributed by atoms with Crippen LogP contribution in [-0.2, 0) is 19.6 Å². The summed E-state index contributed by atoms with van der Waals surface area (Å²) in [6.45, 7) is 2.34. The minimum Gasteiger partial charge on any atom is -0.469 e. The Labute approximate surface area is 124 Å². The van der Waals surface area contributed by atoms with Crippen molar-refractivity contribution in [1.29, 1.82) is 0 Å². The third-order valence-electron chi connectivity index (χ3n) is 4.62. The van der Waals surface area contributed by atoms with Crippen LogP contribution in [-0.4, -0.2) is 38.4 Å². The van der Waals surface area contributed by atoms with E-state index < -0.39 is 10.0 Å². The largest absolute Gasteiger partial charge is 0.469 e. The van der Waals surface area contributed by atoms with Gasteiger partial charge in [0.25, 0.3) is 0 Å². The number of benzene rings is 1. The van der Waals surface area contributed by atoms with Crippen molar-refractivity contribution in [2.75, 3.05) is 13.7 Å². The second-order valence-electron chi connectivity index (χ2n) is 5.90. The predicted octanol–water partition coefficient (Wildman–Crippen LogP) is 1.57. The lowest BCUT2D eigenvalue weighted by Gasteiger charge is -2.29. The number of carbonyl (C=O) groups excluding carboxylic acids is 1. The number of esters is 1. The van der Waals surface area contributed by atoms with Gasteiger partial charge in [-0.2, -0.15) is 4.31 Å². The number of sulfonamides is 1. The molecule has 1 aliphatic carbocycles. The van der Waals surface area contributed by atoms with Crippen molar-refractivity contribution in [3.63, 3.8) is 0 Å². The number of methoxy groups -OCH3 is 1. The van der Waals surface area contributed by atoms with Gasteiger partial charge in [-0.3, -0.25) is 4.79 Å². The molecule has 3 rings (SSSR count). The standard InChI is InChI=1S/C15H19NO4S/c1-10-3-5-13(6-4-10)21(18,19)16-9-11-7-12(16)8-14(11)15(17)20-2/h3-6,11-12,14H,7-9H2,1-2H3/t11?,12?,14-/m0/s1. The van der Waals surface area contributed by atoms with Gasteiger partial charge in [0.15, 0.2) is 0 Å². The highest BCUT2D eigenvalue weighted by molar-refractivity contribution is 7.89. The summed E-state index contributed by atoms with van der Waals surface area (Å²) in [4.78, 5) is 12.0. The van der Waals surface area contributed by atoms with Crippen LogP contribution in [0.5, 0.6) is 0 Å². The maximum atomic E-state index is 12.7. The van der Waals surface area contributed by atoms with Crippen molar-refractivity contribution < 1.29 is 17.9 Å². The number of aryl methyl sites for hydroxylation is 1. The number of nitrogens with zero attached hydrogens (tertiary/aromatic N) is 1. The predicted molar refractivity (Wildman–Crippen MR) is 77.1 cm³/mol. The second kappa shape index (κ2) is 5.10. The van der Waals surface area contributed by atoms with E-state index in [0.717, 1.165) is 12.0 Å². The molecular weight excluding hydrogens is 290 g/mol. The SMILES string of the molecule is COC(=O)[C@H]1CC2CC1CN2S(=O)(=O)c1ccc(C)cc1. The van der Waals surface area contributed by atoms with Gasteiger partial charge in [-0.1, -0.05) is 17.7 Å². The highest BCUT2D eigenvalue weighted by Gasteiger charge is 2.51. The van der Waals surface area contributed by atoms with Crippen LogP contribution in [0, 0.1) is 18.8 Å². The molecule has 0 aromatic heterocycles. The molecule has 2 fully saturated rings. The Morgan fingerprint density at radius 3 is 2.43 bits per heavy atom. The lowest BCUT2D eigenvalue weighted by atomic mass is 9.96. The van der Waals surface area contributed by atoms with Gasteiger partial charge in [0, 0.05) is 12.6 Å². The second-order valence-corrected chi connectivity index (χ2v) is 7.79. The molecule has 2 bridgehead atoms. The smallest absolute Gasteiger partial charge is 0.309 e. The molecule has 6 heteroatoms. The molecule has 1 aromatic rings. The summed E-state index contributed by atoms with van der Waals surface area (Å²) in [5, 5.41) is 0. The third-order valence-corrected chi connectivity index (χ3v) is 6.56. The zero-order chi connectivity index (χ0) is 15.2. The Hall–Kier alpha value is -1.40. The Morgan fingerprint density at radius 2 is 1.90 bits per heavy atom. The van der Waals surface area contributed by atoms with Gasteiger partial charge in [0.2, 0.25) is 10.0 Å². The van der Waals surface area contributed by atoms with Crippen molar-refractivity contribution in [3.05, 3.63) is 29.8 Å². The fraction of sp³-hybridized carbons (Fsp3) is 0.533. The first-order valence-electron chi connectivity index (χ1n) is 7.10. The van der Waals surface area contributed by atoms with Gasteiger partial charge in [-0.15, -0.1) is 0 Å². The molecule has 1 heterocycles. The van der Waals surface area contributed by atoms with Crippen LogP contribution in [0.3, 0.4) is 0 Å². The van der Waals surface area contributed by atoms with Crippen LogP contribution in [0.1, 0.15) is 18.4 Å². The molecule has 21 heavy (non-hydrogen) atoms. The van der Waals surface area contributed by atoms with Crippen LogP contribution in [0.25, 0.3) is 0 Å². The quantitative estimate of drug-likeness (QED) is 0.795. The molecule has 1 saturated heterocycles. The van der Waals surface area contributed by atoms with Gasteiger partial charge < -0.3 is 4.74 Å². The first-order chi connectivity index (χ1) is 9.93. The Balaban J connectivity index is 1.81. The minimum atomic E-state index is -3.46. The van der Waals surface area contributed by atoms with E-state index in [4.69, 9.17) is 4.74 Å². The average Bonchev–Trinajstić information content (AvgIpc) is 3.07. The van der Waals surface area contributed by atoms with E-state index in [1.54, 1.807) is 28.6 Å². The number of hydrogen-bond acceptors (Lipinski definition) is 4. The van der Waals surface area contributed by atoms with E-state index in [-0.39, 0.29) is 23.8 Å². The molecule has 5 nitrogen and oxygen atoms in total. The van der Waals surface area contributed by atoms with E-state index in [1.807, 2.05) is 6.92 Å². The minimum absolute atomic E-state index is 0.0783. The summed E-state index contributed by atoms with van der Waals surface area (Å²) in [5.41, 5.74) is 1.03. The highest BCUT2D eigenvalue weighted by atomic mass is 32.2. The number of hydrogen-bond donors (Lipinski definition) is 0. The fourth-order valence-electron chi connectivity index (χ4n) is 3.49. The van der Waals surface area contributed by atoms with E-state index in [0.29, 0.717) is 17.9 Å². The molecule has 1 aromatic carbocycles. The molecule has 0 N–H and O–H groups in total. The van der Waals surface area contributed by atoms with Crippen molar-refractivity contribution in [3.8, 4) is 0 Å². The monoisotopic (exact) mass is 309 g/mol. The molecular formula is C15H19NO4S. The van der Waals surface area contributed by atoms with Crippen LogP contribution in [0.15, 0.2) is 29.2 Å². The molecule has 1 saturated carbocycles. The molecule has 0 spiro atoms. The van der Waals surface area contributed by atoms with E-state index in [9.17, 15) is 13.2 Å². The summed E-state index contributed by atoms with van der Waals surface area (Å²) >= 11 is 0. The van der Waals surface area contributed by atoms with Gasteiger partial charge in [0.1, 0.15) is 0 Å². The lowest BCUT2D eigenvalue weighted by Crippen LogP contribution is -2.41. The Bertz CT molecular complexity index is 653. The zero-order valence-corrected chi connectivity index (χ0v) is 13.0. The molecule has 0 amide bonds. The summed E-state index contributed by atoms with van der Waals surface area (Å²) in [7, 11) is -2.08. The van der Waals surface area contributed by atoms with Gasteiger partial charge in [-0.25, -0.2) is 8.42 Å². The third kappa shape index (κ3) is 2.36. The number of carbonyl (C=O) groups is 1.